The molecule has 0 spiro atoms. The summed E-state index contributed by atoms with van der Waals surface area (Å²) in [6.07, 6.45) is 1.70. The zero-order valence-corrected chi connectivity index (χ0v) is 10.9. The number of benzene rings is 1. The van der Waals surface area contributed by atoms with Gasteiger partial charge in [-0.1, -0.05) is 13.8 Å². The fraction of sp³-hybridized carbons (Fsp3) is 0.500. The smallest absolute Gasteiger partial charge is 0.223 e. The lowest BCUT2D eigenvalue weighted by molar-refractivity contribution is -0.125. The first-order chi connectivity index (χ1) is 8.67. The minimum atomic E-state index is -0.288. The molecule has 0 heterocycles. The van der Waals surface area contributed by atoms with Crippen LogP contribution in [-0.2, 0) is 4.79 Å². The number of carbonyl (C=O) groups excluding carboxylic acids is 1. The van der Waals surface area contributed by atoms with Crippen LogP contribution in [0.4, 0.5) is 4.39 Å². The van der Waals surface area contributed by atoms with Gasteiger partial charge in [0.2, 0.25) is 5.91 Å². The molecule has 1 aromatic carbocycles. The number of carbonyl (C=O) groups is 1. The van der Waals surface area contributed by atoms with E-state index in [0.717, 1.165) is 12.8 Å². The van der Waals surface area contributed by atoms with Crippen LogP contribution in [0, 0.1) is 11.7 Å². The van der Waals surface area contributed by atoms with Crippen LogP contribution in [0.1, 0.15) is 26.7 Å². The summed E-state index contributed by atoms with van der Waals surface area (Å²) in [7, 11) is 0. The zero-order valence-electron chi connectivity index (χ0n) is 10.9. The van der Waals surface area contributed by atoms with Crippen molar-refractivity contribution in [3.05, 3.63) is 30.1 Å². The second kappa shape index (κ2) is 7.69. The van der Waals surface area contributed by atoms with E-state index in [0.29, 0.717) is 18.9 Å². The number of hydrogen-bond acceptors (Lipinski definition) is 2. The van der Waals surface area contributed by atoms with Gasteiger partial charge in [0.15, 0.2) is 0 Å². The van der Waals surface area contributed by atoms with Gasteiger partial charge >= 0.3 is 0 Å². The van der Waals surface area contributed by atoms with E-state index in [9.17, 15) is 9.18 Å². The van der Waals surface area contributed by atoms with Crippen molar-refractivity contribution in [2.24, 2.45) is 5.92 Å². The van der Waals surface area contributed by atoms with Crippen LogP contribution in [0.2, 0.25) is 0 Å². The van der Waals surface area contributed by atoms with Gasteiger partial charge in [0.25, 0.3) is 0 Å². The Hall–Kier alpha value is -1.58. The van der Waals surface area contributed by atoms with Crippen molar-refractivity contribution < 1.29 is 13.9 Å². The molecule has 100 valence electrons. The SMILES string of the molecule is CCC(CC)C(=O)NCCOc1ccc(F)cc1. The molecule has 1 amide bonds. The van der Waals surface area contributed by atoms with E-state index < -0.39 is 0 Å². The molecule has 0 aliphatic carbocycles. The average Bonchev–Trinajstić information content (AvgIpc) is 2.38. The molecule has 0 saturated heterocycles. The van der Waals surface area contributed by atoms with Gasteiger partial charge in [-0.15, -0.1) is 0 Å². The molecule has 0 fully saturated rings. The lowest BCUT2D eigenvalue weighted by atomic mass is 10.0. The third kappa shape index (κ3) is 4.73. The number of hydrogen-bond donors (Lipinski definition) is 1. The van der Waals surface area contributed by atoms with Crippen LogP contribution >= 0.6 is 0 Å². The fourth-order valence-corrected chi connectivity index (χ4v) is 1.68. The molecule has 0 radical (unpaired) electrons. The van der Waals surface area contributed by atoms with Crippen molar-refractivity contribution in [1.82, 2.24) is 5.32 Å². The highest BCUT2D eigenvalue weighted by Crippen LogP contribution is 2.10. The Labute approximate surface area is 107 Å². The zero-order chi connectivity index (χ0) is 13.4. The third-order valence-corrected chi connectivity index (χ3v) is 2.84. The van der Waals surface area contributed by atoms with Crippen molar-refractivity contribution in [1.29, 1.82) is 0 Å². The molecular weight excluding hydrogens is 233 g/mol. The third-order valence-electron chi connectivity index (χ3n) is 2.84. The highest BCUT2D eigenvalue weighted by atomic mass is 19.1. The van der Waals surface area contributed by atoms with E-state index in [1.807, 2.05) is 13.8 Å². The van der Waals surface area contributed by atoms with Crippen LogP contribution < -0.4 is 10.1 Å². The van der Waals surface area contributed by atoms with E-state index in [4.69, 9.17) is 4.74 Å². The van der Waals surface area contributed by atoms with E-state index in [1.54, 1.807) is 12.1 Å². The van der Waals surface area contributed by atoms with E-state index in [2.05, 4.69) is 5.32 Å². The minimum absolute atomic E-state index is 0.0720. The summed E-state index contributed by atoms with van der Waals surface area (Å²) in [4.78, 5) is 11.6. The molecule has 0 aliphatic rings. The average molecular weight is 253 g/mol. The Morgan fingerprint density at radius 3 is 2.44 bits per heavy atom. The summed E-state index contributed by atoms with van der Waals surface area (Å²) in [5.41, 5.74) is 0. The molecule has 0 aliphatic heterocycles. The molecule has 0 unspecified atom stereocenters. The summed E-state index contributed by atoms with van der Waals surface area (Å²) >= 11 is 0. The Kier molecular flexibility index (Phi) is 6.19. The van der Waals surface area contributed by atoms with E-state index in [-0.39, 0.29) is 17.6 Å². The second-order valence-corrected chi connectivity index (χ2v) is 4.11. The quantitative estimate of drug-likeness (QED) is 0.759. The summed E-state index contributed by atoms with van der Waals surface area (Å²) in [6.45, 7) is 4.86. The molecule has 1 rings (SSSR count). The molecule has 3 nitrogen and oxygen atoms in total. The highest BCUT2D eigenvalue weighted by molar-refractivity contribution is 5.78. The molecular formula is C14H20FNO2. The van der Waals surface area contributed by atoms with Gasteiger partial charge in [0, 0.05) is 5.92 Å². The lowest BCUT2D eigenvalue weighted by Gasteiger charge is -2.13. The Morgan fingerprint density at radius 2 is 1.89 bits per heavy atom. The van der Waals surface area contributed by atoms with Gasteiger partial charge < -0.3 is 10.1 Å². The standard InChI is InChI=1S/C14H20FNO2/c1-3-11(4-2)14(17)16-9-10-18-13-7-5-12(15)6-8-13/h5-8,11H,3-4,9-10H2,1-2H3,(H,16,17). The van der Waals surface area contributed by atoms with Gasteiger partial charge in [0.1, 0.15) is 18.2 Å². The van der Waals surface area contributed by atoms with Gasteiger partial charge in [-0.25, -0.2) is 4.39 Å². The molecule has 4 heteroatoms. The first-order valence-electron chi connectivity index (χ1n) is 6.33. The largest absolute Gasteiger partial charge is 0.492 e. The summed E-state index contributed by atoms with van der Waals surface area (Å²) in [5, 5.41) is 2.83. The van der Waals surface area contributed by atoms with Crippen LogP contribution in [0.15, 0.2) is 24.3 Å². The number of rotatable bonds is 7. The molecule has 0 saturated carbocycles. The van der Waals surface area contributed by atoms with Crippen molar-refractivity contribution in [2.45, 2.75) is 26.7 Å². The normalized spacial score (nSPS) is 10.4. The van der Waals surface area contributed by atoms with Crippen LogP contribution in [0.5, 0.6) is 5.75 Å². The summed E-state index contributed by atoms with van der Waals surface area (Å²) in [6, 6.07) is 5.83. The molecule has 0 atom stereocenters. The summed E-state index contributed by atoms with van der Waals surface area (Å²) < 4.78 is 18.0. The predicted octanol–water partition coefficient (Wildman–Crippen LogP) is 2.76. The maximum absolute atomic E-state index is 12.6. The minimum Gasteiger partial charge on any atom is -0.492 e. The molecule has 18 heavy (non-hydrogen) atoms. The van der Waals surface area contributed by atoms with Crippen LogP contribution in [-0.4, -0.2) is 19.1 Å². The van der Waals surface area contributed by atoms with Gasteiger partial charge in [-0.2, -0.15) is 0 Å². The van der Waals surface area contributed by atoms with Crippen molar-refractivity contribution in [2.75, 3.05) is 13.2 Å². The van der Waals surface area contributed by atoms with E-state index >= 15 is 0 Å². The fourth-order valence-electron chi connectivity index (χ4n) is 1.68. The Morgan fingerprint density at radius 1 is 1.28 bits per heavy atom. The highest BCUT2D eigenvalue weighted by Gasteiger charge is 2.12. The molecule has 0 bridgehead atoms. The number of amides is 1. The maximum Gasteiger partial charge on any atom is 0.223 e. The van der Waals surface area contributed by atoms with Gasteiger partial charge in [0.05, 0.1) is 6.54 Å². The van der Waals surface area contributed by atoms with Crippen molar-refractivity contribution >= 4 is 5.91 Å². The van der Waals surface area contributed by atoms with Crippen molar-refractivity contribution in [3.63, 3.8) is 0 Å². The van der Waals surface area contributed by atoms with Gasteiger partial charge in [-0.3, -0.25) is 4.79 Å². The second-order valence-electron chi connectivity index (χ2n) is 4.11. The first-order valence-corrected chi connectivity index (χ1v) is 6.33. The summed E-state index contributed by atoms with van der Waals surface area (Å²) in [5.74, 6) is 0.469. The number of ether oxygens (including phenoxy) is 1. The molecule has 1 aromatic rings. The van der Waals surface area contributed by atoms with E-state index in [1.165, 1.54) is 12.1 Å². The first kappa shape index (κ1) is 14.5. The number of halogens is 1. The van der Waals surface area contributed by atoms with Crippen molar-refractivity contribution in [3.8, 4) is 5.75 Å². The predicted molar refractivity (Wildman–Crippen MR) is 69.0 cm³/mol. The molecule has 0 aromatic heterocycles. The monoisotopic (exact) mass is 253 g/mol. The Balaban J connectivity index is 2.22. The topological polar surface area (TPSA) is 38.3 Å². The lowest BCUT2D eigenvalue weighted by Crippen LogP contribution is -2.33. The van der Waals surface area contributed by atoms with Gasteiger partial charge in [-0.05, 0) is 37.1 Å². The number of nitrogens with one attached hydrogen (secondary N) is 1. The molecule has 1 N–H and O–H groups in total. The Bertz CT molecular complexity index is 361. The maximum atomic E-state index is 12.6. The van der Waals surface area contributed by atoms with Crippen LogP contribution in [0.25, 0.3) is 0 Å². The van der Waals surface area contributed by atoms with Crippen LogP contribution in [0.3, 0.4) is 0 Å².